The molecule has 1 spiro atoms. The summed E-state index contributed by atoms with van der Waals surface area (Å²) in [5.74, 6) is 1.59. The van der Waals surface area contributed by atoms with Crippen molar-refractivity contribution in [2.24, 2.45) is 0 Å². The number of likely N-dealkylation sites (tertiary alicyclic amines) is 1. The van der Waals surface area contributed by atoms with Gasteiger partial charge in [0.25, 0.3) is 0 Å². The van der Waals surface area contributed by atoms with Crippen molar-refractivity contribution >= 4 is 11.8 Å². The molecule has 2 amide bonds. The van der Waals surface area contributed by atoms with Crippen LogP contribution < -0.4 is 20.5 Å². The van der Waals surface area contributed by atoms with Gasteiger partial charge in [0, 0.05) is 54.6 Å². The molecule has 0 saturated carbocycles. The average Bonchev–Trinajstić information content (AvgIpc) is 3.57. The van der Waals surface area contributed by atoms with Crippen molar-refractivity contribution in [1.82, 2.24) is 25.0 Å². The molecule has 3 N–H and O–H groups in total. The number of benzene rings is 1. The van der Waals surface area contributed by atoms with Crippen LogP contribution in [0.15, 0.2) is 42.6 Å². The van der Waals surface area contributed by atoms with Gasteiger partial charge in [-0.05, 0) is 44.9 Å². The van der Waals surface area contributed by atoms with Crippen molar-refractivity contribution in [2.75, 3.05) is 32.5 Å². The molecule has 3 aromatic rings. The Kier molecular flexibility index (Phi) is 6.00. The van der Waals surface area contributed by atoms with E-state index in [2.05, 4.69) is 21.0 Å². The highest BCUT2D eigenvalue weighted by molar-refractivity contribution is 5.75. The second-order valence-electron chi connectivity index (χ2n) is 9.28. The highest BCUT2D eigenvalue weighted by Crippen LogP contribution is 2.44. The molecule has 0 aliphatic carbocycles. The highest BCUT2D eigenvalue weighted by Gasteiger charge is 2.46. The fourth-order valence-corrected chi connectivity index (χ4v) is 5.27. The normalized spacial score (nSPS) is 19.6. The fraction of sp³-hybridized carbons (Fsp3) is 0.423. The number of pyridine rings is 1. The van der Waals surface area contributed by atoms with E-state index in [1.165, 1.54) is 5.69 Å². The van der Waals surface area contributed by atoms with Crippen molar-refractivity contribution in [2.45, 2.75) is 44.8 Å². The Morgan fingerprint density at radius 1 is 1.23 bits per heavy atom. The van der Waals surface area contributed by atoms with Crippen LogP contribution in [-0.4, -0.2) is 52.4 Å². The van der Waals surface area contributed by atoms with Crippen LogP contribution in [0.2, 0.25) is 0 Å². The number of carbonyl (C=O) groups excluding carboxylic acids is 1. The van der Waals surface area contributed by atoms with Gasteiger partial charge in [-0.3, -0.25) is 4.68 Å². The molecule has 2 atom stereocenters. The van der Waals surface area contributed by atoms with Crippen molar-refractivity contribution in [3.63, 3.8) is 0 Å². The van der Waals surface area contributed by atoms with Crippen molar-refractivity contribution in [1.29, 1.82) is 0 Å². The maximum Gasteiger partial charge on any atom is 0.317 e. The first-order valence-electron chi connectivity index (χ1n) is 12.1. The number of hydrogen-bond acceptors (Lipinski definition) is 6. The first-order chi connectivity index (χ1) is 16.9. The van der Waals surface area contributed by atoms with E-state index in [1.54, 1.807) is 13.3 Å². The second-order valence-corrected chi connectivity index (χ2v) is 9.28. The molecule has 1 unspecified atom stereocenters. The number of fused-ring (bicyclic) bond motifs is 2. The van der Waals surface area contributed by atoms with E-state index >= 15 is 0 Å². The summed E-state index contributed by atoms with van der Waals surface area (Å²) in [4.78, 5) is 18.7. The van der Waals surface area contributed by atoms with Gasteiger partial charge in [-0.25, -0.2) is 9.78 Å². The lowest BCUT2D eigenvalue weighted by Gasteiger charge is -2.23. The number of ether oxygens (including phenoxy) is 2. The summed E-state index contributed by atoms with van der Waals surface area (Å²) >= 11 is 0. The van der Waals surface area contributed by atoms with E-state index in [9.17, 15) is 4.79 Å². The zero-order valence-corrected chi connectivity index (χ0v) is 20.5. The second kappa shape index (κ2) is 9.13. The molecular formula is C26H32N6O3. The Hall–Kier alpha value is -3.75. The number of carbonyl (C=O) groups is 1. The molecule has 9 nitrogen and oxygen atoms in total. The molecular weight excluding hydrogens is 444 g/mol. The SMILES string of the molecule is CCNC(=O)N1CC[C@@]2(CCn3nc(-c4cnc(N)c(OC(C)c5ccccc5OC)c4)cc32)C1. The predicted molar refractivity (Wildman–Crippen MR) is 133 cm³/mol. The lowest BCUT2D eigenvalue weighted by Crippen LogP contribution is -2.40. The number of aromatic nitrogens is 3. The molecule has 9 heteroatoms. The minimum absolute atomic E-state index is 0.0104. The maximum absolute atomic E-state index is 12.4. The molecule has 4 heterocycles. The van der Waals surface area contributed by atoms with Gasteiger partial charge in [0.15, 0.2) is 11.6 Å². The number of nitrogens with one attached hydrogen (secondary N) is 1. The number of nitrogen functional groups attached to an aromatic ring is 1. The summed E-state index contributed by atoms with van der Waals surface area (Å²) in [5.41, 5.74) is 9.91. The zero-order valence-electron chi connectivity index (χ0n) is 20.5. The third-order valence-corrected chi connectivity index (χ3v) is 7.15. The number of anilines is 1. The van der Waals surface area contributed by atoms with Crippen LogP contribution in [0.3, 0.4) is 0 Å². The van der Waals surface area contributed by atoms with E-state index in [-0.39, 0.29) is 17.6 Å². The lowest BCUT2D eigenvalue weighted by atomic mass is 9.82. The topological polar surface area (TPSA) is 108 Å². The van der Waals surface area contributed by atoms with Gasteiger partial charge in [-0.2, -0.15) is 5.10 Å². The minimum atomic E-state index is -0.278. The van der Waals surface area contributed by atoms with Crippen molar-refractivity contribution in [3.8, 4) is 22.8 Å². The smallest absolute Gasteiger partial charge is 0.317 e. The van der Waals surface area contributed by atoms with Crippen LogP contribution in [-0.2, 0) is 12.0 Å². The quantitative estimate of drug-likeness (QED) is 0.561. The number of urea groups is 1. The zero-order chi connectivity index (χ0) is 24.6. The summed E-state index contributed by atoms with van der Waals surface area (Å²) in [5, 5.41) is 7.78. The average molecular weight is 477 g/mol. The van der Waals surface area contributed by atoms with Gasteiger partial charge < -0.3 is 25.4 Å². The number of nitrogens with two attached hydrogens (primary N) is 1. The Labute approximate surface area is 205 Å². The number of hydrogen-bond donors (Lipinski definition) is 2. The first-order valence-corrected chi connectivity index (χ1v) is 12.1. The third kappa shape index (κ3) is 4.15. The van der Waals surface area contributed by atoms with Gasteiger partial charge in [-0.15, -0.1) is 0 Å². The summed E-state index contributed by atoms with van der Waals surface area (Å²) in [6, 6.07) is 11.8. The fourth-order valence-electron chi connectivity index (χ4n) is 5.27. The summed E-state index contributed by atoms with van der Waals surface area (Å²) in [7, 11) is 1.65. The number of rotatable bonds is 6. The van der Waals surface area contributed by atoms with E-state index < -0.39 is 0 Å². The number of nitrogens with zero attached hydrogens (tertiary/aromatic N) is 4. The predicted octanol–water partition coefficient (Wildman–Crippen LogP) is 3.75. The maximum atomic E-state index is 12.4. The largest absolute Gasteiger partial charge is 0.496 e. The molecule has 5 rings (SSSR count). The molecule has 2 aromatic heterocycles. The summed E-state index contributed by atoms with van der Waals surface area (Å²) in [6.45, 7) is 6.85. The molecule has 35 heavy (non-hydrogen) atoms. The molecule has 184 valence electrons. The van der Waals surface area contributed by atoms with Gasteiger partial charge in [-0.1, -0.05) is 18.2 Å². The van der Waals surface area contributed by atoms with Gasteiger partial charge in [0.05, 0.1) is 12.8 Å². The Morgan fingerprint density at radius 2 is 2.03 bits per heavy atom. The first kappa shape index (κ1) is 23.0. The van der Waals surface area contributed by atoms with Crippen LogP contribution in [0.5, 0.6) is 11.5 Å². The Morgan fingerprint density at radius 3 is 2.83 bits per heavy atom. The lowest BCUT2D eigenvalue weighted by molar-refractivity contribution is 0.206. The Balaban J connectivity index is 1.38. The number of amides is 2. The number of methoxy groups -OCH3 is 1. The van der Waals surface area contributed by atoms with Crippen LogP contribution in [0.4, 0.5) is 10.6 Å². The van der Waals surface area contributed by atoms with Gasteiger partial charge in [0.1, 0.15) is 11.9 Å². The monoisotopic (exact) mass is 476 g/mol. The molecule has 0 bridgehead atoms. The van der Waals surface area contributed by atoms with Crippen LogP contribution in [0.1, 0.15) is 44.1 Å². The van der Waals surface area contributed by atoms with Gasteiger partial charge >= 0.3 is 6.03 Å². The molecule has 2 aliphatic heterocycles. The van der Waals surface area contributed by atoms with Crippen LogP contribution in [0, 0.1) is 0 Å². The van der Waals surface area contributed by atoms with E-state index in [0.717, 1.165) is 55.0 Å². The van der Waals surface area contributed by atoms with Crippen LogP contribution >= 0.6 is 0 Å². The van der Waals surface area contributed by atoms with Gasteiger partial charge in [0.2, 0.25) is 0 Å². The van der Waals surface area contributed by atoms with Crippen LogP contribution in [0.25, 0.3) is 11.3 Å². The third-order valence-electron chi connectivity index (χ3n) is 7.15. The molecule has 2 aliphatic rings. The Bertz CT molecular complexity index is 1240. The minimum Gasteiger partial charge on any atom is -0.496 e. The van der Waals surface area contributed by atoms with E-state index in [4.69, 9.17) is 20.3 Å². The van der Waals surface area contributed by atoms with Crippen molar-refractivity contribution in [3.05, 3.63) is 53.9 Å². The van der Waals surface area contributed by atoms with Crippen molar-refractivity contribution < 1.29 is 14.3 Å². The standard InChI is InChI=1S/C26H32N6O3/c1-4-28-25(33)31-11-9-26(16-31)10-12-32-23(26)14-20(30-32)18-13-22(24(27)29-15-18)35-17(2)19-7-5-6-8-21(19)34-3/h5-8,13-15,17H,4,9-12,16H2,1-3H3,(H2,27,29)(H,28,33)/t17?,26-/m1/s1. The summed E-state index contributed by atoms with van der Waals surface area (Å²) < 4.78 is 13.8. The molecule has 1 aromatic carbocycles. The number of para-hydroxylation sites is 1. The number of aryl methyl sites for hydroxylation is 1. The molecule has 1 fully saturated rings. The molecule has 1 saturated heterocycles. The highest BCUT2D eigenvalue weighted by atomic mass is 16.5. The molecule has 0 radical (unpaired) electrons. The van der Waals surface area contributed by atoms with E-state index in [1.807, 2.05) is 49.1 Å². The summed E-state index contributed by atoms with van der Waals surface area (Å²) in [6.07, 6.45) is 3.40. The van der Waals surface area contributed by atoms with E-state index in [0.29, 0.717) is 18.1 Å².